The number of nitrogens with two attached hydrogens (primary N) is 1. The number of ether oxygens (including phenoxy) is 4. The number of allylic oxidation sites excluding steroid dienone is 6. The second-order valence-corrected chi connectivity index (χ2v) is 12.1. The number of carbonyl (C=O) groups is 3. The zero-order valence-electron chi connectivity index (χ0n) is 26.4. The SMILES string of the molecule is C[C@H]1CC=CC=CC=CC=C[C@@H](O[C@@H]2O[C@H](C)[C@@H](O)[C@H](N)[C@@H]2O)C[C@H](O)[C@H](C(=O)O)[C@H](O)CC(=O)C[C@H](O)C[C@H]2O[C@H]2C=CC(=O)O1. The number of carboxylic acid groups (broad SMARTS) is 1. The van der Waals surface area contributed by atoms with Gasteiger partial charge in [-0.25, -0.2) is 4.79 Å². The molecule has 0 aromatic heterocycles. The van der Waals surface area contributed by atoms with Crippen molar-refractivity contribution in [3.63, 3.8) is 0 Å². The van der Waals surface area contributed by atoms with Crippen LogP contribution in [-0.2, 0) is 33.3 Å². The molecule has 2 fully saturated rings. The van der Waals surface area contributed by atoms with E-state index < -0.39 is 97.3 Å². The number of Topliss-reactive ketones (excluding diaryl/α,β-unsaturated/α-hetero) is 1. The van der Waals surface area contributed by atoms with Crippen LogP contribution in [0.5, 0.6) is 0 Å². The zero-order valence-corrected chi connectivity index (χ0v) is 26.4. The second kappa shape index (κ2) is 18.5. The van der Waals surface area contributed by atoms with Crippen LogP contribution >= 0.6 is 0 Å². The van der Waals surface area contributed by atoms with Crippen LogP contribution < -0.4 is 5.73 Å². The Labute approximate surface area is 273 Å². The van der Waals surface area contributed by atoms with E-state index >= 15 is 0 Å². The van der Waals surface area contributed by atoms with Gasteiger partial charge in [-0.2, -0.15) is 0 Å². The average molecular weight is 666 g/mol. The van der Waals surface area contributed by atoms with Crippen molar-refractivity contribution in [2.45, 2.75) is 119 Å². The number of cyclic esters (lactones) is 1. The number of aliphatic carboxylic acids is 1. The molecule has 3 aliphatic rings. The fraction of sp³-hybridized carbons (Fsp3) is 0.606. The van der Waals surface area contributed by atoms with Gasteiger partial charge in [-0.05, 0) is 19.9 Å². The Kier molecular flexibility index (Phi) is 15.1. The molecule has 8 N–H and O–H groups in total. The number of aliphatic hydroxyl groups excluding tert-OH is 5. The van der Waals surface area contributed by atoms with Crippen molar-refractivity contribution in [3.8, 4) is 0 Å². The second-order valence-electron chi connectivity index (χ2n) is 12.1. The highest BCUT2D eigenvalue weighted by Crippen LogP contribution is 2.29. The van der Waals surface area contributed by atoms with Crippen molar-refractivity contribution in [1.82, 2.24) is 0 Å². The number of carbonyl (C=O) groups excluding carboxylic acids is 2. The van der Waals surface area contributed by atoms with Crippen LogP contribution in [0.2, 0.25) is 0 Å². The minimum atomic E-state index is -1.80. The minimum absolute atomic E-state index is 0.0692. The lowest BCUT2D eigenvalue weighted by Gasteiger charge is -2.41. The molecule has 13 atom stereocenters. The standard InChI is InChI=1S/C33H47NO13/c1-18-10-8-6-4-3-5-7-9-11-22(46-33-31(41)29(34)30(40)19(2)45-33)17-24(38)28(32(42)43)23(37)15-20(35)14-21(36)16-26-25(47-26)12-13-27(39)44-18/h3-9,11-13,18-19,21-26,28-31,33,36-38,40-41H,10,14-17,34H2,1-2H3,(H,42,43)/t18-,19+,21-,22+,23+,24-,25-,26+,28+,29-,30+,31-,33-/m0/s1. The van der Waals surface area contributed by atoms with E-state index in [1.54, 1.807) is 43.4 Å². The Balaban J connectivity index is 1.79. The van der Waals surface area contributed by atoms with E-state index in [9.17, 15) is 45.0 Å². The van der Waals surface area contributed by atoms with E-state index in [4.69, 9.17) is 24.7 Å². The molecule has 3 rings (SSSR count). The summed E-state index contributed by atoms with van der Waals surface area (Å²) < 4.78 is 22.2. The van der Waals surface area contributed by atoms with Gasteiger partial charge >= 0.3 is 11.9 Å². The lowest BCUT2D eigenvalue weighted by Crippen LogP contribution is -2.61. The lowest BCUT2D eigenvalue weighted by molar-refractivity contribution is -0.277. The van der Waals surface area contributed by atoms with Gasteiger partial charge in [0.15, 0.2) is 6.29 Å². The summed E-state index contributed by atoms with van der Waals surface area (Å²) in [5, 5.41) is 62.6. The topological polar surface area (TPSA) is 239 Å². The van der Waals surface area contributed by atoms with E-state index in [0.717, 1.165) is 0 Å². The summed E-state index contributed by atoms with van der Waals surface area (Å²) in [6.45, 7) is 3.29. The molecule has 14 heteroatoms. The molecule has 47 heavy (non-hydrogen) atoms. The predicted molar refractivity (Wildman–Crippen MR) is 166 cm³/mol. The number of esters is 1. The Morgan fingerprint density at radius 1 is 0.872 bits per heavy atom. The third-order valence-corrected chi connectivity index (χ3v) is 8.05. The first-order chi connectivity index (χ1) is 22.3. The first-order valence-corrected chi connectivity index (χ1v) is 15.7. The summed E-state index contributed by atoms with van der Waals surface area (Å²) in [7, 11) is 0. The predicted octanol–water partition coefficient (Wildman–Crippen LogP) is -0.0377. The van der Waals surface area contributed by atoms with Gasteiger partial charge in [0, 0.05) is 38.2 Å². The maximum absolute atomic E-state index is 12.6. The molecule has 3 heterocycles. The summed E-state index contributed by atoms with van der Waals surface area (Å²) in [6.07, 6.45) is 3.57. The summed E-state index contributed by atoms with van der Waals surface area (Å²) in [4.78, 5) is 36.9. The van der Waals surface area contributed by atoms with Crippen molar-refractivity contribution >= 4 is 17.7 Å². The molecule has 14 nitrogen and oxygen atoms in total. The Morgan fingerprint density at radius 3 is 2.26 bits per heavy atom. The minimum Gasteiger partial charge on any atom is -0.481 e. The van der Waals surface area contributed by atoms with Crippen LogP contribution in [-0.4, -0.2) is 122 Å². The third-order valence-electron chi connectivity index (χ3n) is 8.05. The van der Waals surface area contributed by atoms with Crippen molar-refractivity contribution in [3.05, 3.63) is 60.8 Å². The van der Waals surface area contributed by atoms with Crippen LogP contribution in [0.1, 0.15) is 46.0 Å². The van der Waals surface area contributed by atoms with Gasteiger partial charge in [0.25, 0.3) is 0 Å². The van der Waals surface area contributed by atoms with Crippen molar-refractivity contribution in [2.75, 3.05) is 0 Å². The van der Waals surface area contributed by atoms with E-state index in [1.807, 2.05) is 6.08 Å². The molecular formula is C33H47NO13. The van der Waals surface area contributed by atoms with E-state index in [-0.39, 0.29) is 25.4 Å². The molecule has 0 bridgehead atoms. The number of carboxylic acids is 1. The highest BCUT2D eigenvalue weighted by atomic mass is 16.7. The van der Waals surface area contributed by atoms with E-state index in [0.29, 0.717) is 6.42 Å². The molecule has 0 aromatic rings. The smallest absolute Gasteiger partial charge is 0.330 e. The van der Waals surface area contributed by atoms with Crippen LogP contribution in [0, 0.1) is 5.92 Å². The summed E-state index contributed by atoms with van der Waals surface area (Å²) >= 11 is 0. The third kappa shape index (κ3) is 12.5. The number of rotatable bonds is 3. The fourth-order valence-electron chi connectivity index (χ4n) is 5.33. The van der Waals surface area contributed by atoms with Crippen molar-refractivity contribution in [2.24, 2.45) is 11.7 Å². The van der Waals surface area contributed by atoms with Gasteiger partial charge in [-0.15, -0.1) is 0 Å². The first-order valence-electron chi connectivity index (χ1n) is 15.7. The summed E-state index contributed by atoms with van der Waals surface area (Å²) in [6, 6.07) is -1.10. The largest absolute Gasteiger partial charge is 0.481 e. The van der Waals surface area contributed by atoms with Gasteiger partial charge in [-0.1, -0.05) is 48.6 Å². The molecule has 0 radical (unpaired) electrons. The molecule has 0 spiro atoms. The molecule has 3 aliphatic heterocycles. The number of hydrogen-bond donors (Lipinski definition) is 7. The average Bonchev–Trinajstić information content (AvgIpc) is 3.72. The van der Waals surface area contributed by atoms with E-state index in [2.05, 4.69) is 0 Å². The first kappa shape index (κ1) is 38.4. The Hall–Kier alpha value is -3.05. The van der Waals surface area contributed by atoms with Crippen LogP contribution in [0.15, 0.2) is 60.8 Å². The van der Waals surface area contributed by atoms with Crippen molar-refractivity contribution in [1.29, 1.82) is 0 Å². The van der Waals surface area contributed by atoms with Gasteiger partial charge in [0.1, 0.15) is 30.0 Å². The number of fused-ring (bicyclic) bond motifs is 1. The molecule has 262 valence electrons. The monoisotopic (exact) mass is 665 g/mol. The maximum Gasteiger partial charge on any atom is 0.330 e. The number of hydrogen-bond acceptors (Lipinski definition) is 13. The normalized spacial score (nSPS) is 40.0. The molecule has 2 saturated heterocycles. The quantitative estimate of drug-likeness (QED) is 0.155. The molecule has 0 amide bonds. The molecule has 0 saturated carbocycles. The van der Waals surface area contributed by atoms with Crippen LogP contribution in [0.25, 0.3) is 0 Å². The lowest BCUT2D eigenvalue weighted by atomic mass is 9.88. The summed E-state index contributed by atoms with van der Waals surface area (Å²) in [5.41, 5.74) is 5.91. The van der Waals surface area contributed by atoms with Crippen molar-refractivity contribution < 1.29 is 64.0 Å². The van der Waals surface area contributed by atoms with Crippen LogP contribution in [0.3, 0.4) is 0 Å². The molecule has 0 aliphatic carbocycles. The fourth-order valence-corrected chi connectivity index (χ4v) is 5.33. The van der Waals surface area contributed by atoms with Gasteiger partial charge < -0.3 is 55.3 Å². The zero-order chi connectivity index (χ0) is 34.7. The number of aliphatic hydroxyl groups is 5. The molecular weight excluding hydrogens is 618 g/mol. The van der Waals surface area contributed by atoms with Gasteiger partial charge in [0.05, 0.1) is 48.8 Å². The summed E-state index contributed by atoms with van der Waals surface area (Å²) in [5.74, 6) is -4.54. The highest BCUT2D eigenvalue weighted by Gasteiger charge is 2.43. The number of ketones is 1. The van der Waals surface area contributed by atoms with Gasteiger partial charge in [-0.3, -0.25) is 9.59 Å². The molecule has 0 aromatic carbocycles. The maximum atomic E-state index is 12.6. The number of epoxide rings is 1. The van der Waals surface area contributed by atoms with E-state index in [1.165, 1.54) is 25.2 Å². The Bertz CT molecular complexity index is 1200. The van der Waals surface area contributed by atoms with Crippen LogP contribution in [0.4, 0.5) is 0 Å². The highest BCUT2D eigenvalue weighted by molar-refractivity contribution is 5.82. The molecule has 0 unspecified atom stereocenters. The Morgan fingerprint density at radius 2 is 1.55 bits per heavy atom. The van der Waals surface area contributed by atoms with Gasteiger partial charge in [0.2, 0.25) is 0 Å².